The highest BCUT2D eigenvalue weighted by atomic mass is 16.5. The van der Waals surface area contributed by atoms with Crippen LogP contribution < -0.4 is 10.1 Å². The van der Waals surface area contributed by atoms with Gasteiger partial charge in [-0.2, -0.15) is 0 Å². The summed E-state index contributed by atoms with van der Waals surface area (Å²) in [6, 6.07) is 17.8. The Balaban J connectivity index is 1.53. The Hall–Kier alpha value is -2.82. The summed E-state index contributed by atoms with van der Waals surface area (Å²) in [5.74, 6) is 0.223. The lowest BCUT2D eigenvalue weighted by Gasteiger charge is -2.24. The molecule has 1 aliphatic heterocycles. The molecule has 2 aromatic rings. The number of hydrogen-bond acceptors (Lipinski definition) is 3. The number of anilines is 1. The maximum Gasteiger partial charge on any atom is 0.233 e. The molecule has 1 unspecified atom stereocenters. The van der Waals surface area contributed by atoms with Crippen LogP contribution >= 0.6 is 0 Å². The van der Waals surface area contributed by atoms with Crippen LogP contribution in [0, 0.1) is 0 Å². The normalized spacial score (nSPS) is 16.0. The third kappa shape index (κ3) is 5.35. The smallest absolute Gasteiger partial charge is 0.233 e. The molecule has 3 rings (SSSR count). The third-order valence-corrected chi connectivity index (χ3v) is 5.08. The van der Waals surface area contributed by atoms with Crippen LogP contribution in [0.4, 0.5) is 5.69 Å². The van der Waals surface area contributed by atoms with E-state index in [1.54, 1.807) is 12.1 Å². The Morgan fingerprint density at radius 2 is 1.86 bits per heavy atom. The van der Waals surface area contributed by atoms with E-state index >= 15 is 0 Å². The van der Waals surface area contributed by atoms with E-state index in [1.807, 2.05) is 42.2 Å². The second kappa shape index (κ2) is 9.93. The van der Waals surface area contributed by atoms with Gasteiger partial charge in [0.15, 0.2) is 0 Å². The van der Waals surface area contributed by atoms with Crippen molar-refractivity contribution in [3.63, 3.8) is 0 Å². The maximum absolute atomic E-state index is 12.7. The van der Waals surface area contributed by atoms with Crippen molar-refractivity contribution in [1.82, 2.24) is 4.90 Å². The summed E-state index contributed by atoms with van der Waals surface area (Å²) in [5, 5.41) is 2.81. The zero-order valence-electron chi connectivity index (χ0n) is 16.4. The van der Waals surface area contributed by atoms with Crippen LogP contribution in [-0.2, 0) is 16.0 Å². The van der Waals surface area contributed by atoms with E-state index in [0.717, 1.165) is 32.2 Å². The number of para-hydroxylation sites is 2. The molecule has 5 nitrogen and oxygen atoms in total. The minimum absolute atomic E-state index is 0.0954. The molecule has 1 fully saturated rings. The third-order valence-electron chi connectivity index (χ3n) is 5.08. The van der Waals surface area contributed by atoms with Crippen molar-refractivity contribution < 1.29 is 14.3 Å². The van der Waals surface area contributed by atoms with Crippen molar-refractivity contribution in [1.29, 1.82) is 0 Å². The molecule has 0 aromatic heterocycles. The zero-order chi connectivity index (χ0) is 19.8. The fraction of sp³-hybridized carbons (Fsp3) is 0.391. The van der Waals surface area contributed by atoms with Gasteiger partial charge < -0.3 is 15.0 Å². The highest BCUT2D eigenvalue weighted by molar-refractivity contribution is 6.04. The number of amides is 2. The van der Waals surface area contributed by atoms with Crippen molar-refractivity contribution in [3.05, 3.63) is 60.2 Å². The van der Waals surface area contributed by atoms with Gasteiger partial charge in [0.05, 0.1) is 12.3 Å². The minimum Gasteiger partial charge on any atom is -0.492 e. The van der Waals surface area contributed by atoms with Crippen molar-refractivity contribution >= 4 is 17.5 Å². The van der Waals surface area contributed by atoms with Crippen LogP contribution in [0.3, 0.4) is 0 Å². The van der Waals surface area contributed by atoms with E-state index in [0.29, 0.717) is 18.0 Å². The first-order valence-corrected chi connectivity index (χ1v) is 10.0. The number of carbonyl (C=O) groups excluding carboxylic acids is 2. The molecule has 1 heterocycles. The lowest BCUT2D eigenvalue weighted by molar-refractivity contribution is -0.135. The quantitative estimate of drug-likeness (QED) is 0.703. The predicted octanol–water partition coefficient (Wildman–Crippen LogP) is 4.04. The fourth-order valence-electron chi connectivity index (χ4n) is 3.73. The monoisotopic (exact) mass is 380 g/mol. The Bertz CT molecular complexity index is 791. The summed E-state index contributed by atoms with van der Waals surface area (Å²) in [6.45, 7) is 3.15. The molecule has 2 amide bonds. The first-order valence-electron chi connectivity index (χ1n) is 10.0. The first kappa shape index (κ1) is 19.9. The lowest BCUT2D eigenvalue weighted by Crippen LogP contribution is -2.37. The van der Waals surface area contributed by atoms with E-state index in [1.165, 1.54) is 5.56 Å². The molecule has 5 heteroatoms. The minimum atomic E-state index is -0.300. The van der Waals surface area contributed by atoms with Crippen molar-refractivity contribution in [2.24, 2.45) is 0 Å². The highest BCUT2D eigenvalue weighted by Crippen LogP contribution is 2.25. The van der Waals surface area contributed by atoms with Gasteiger partial charge in [-0.15, -0.1) is 0 Å². The molecule has 0 spiro atoms. The van der Waals surface area contributed by atoms with Crippen molar-refractivity contribution in [2.75, 3.05) is 18.5 Å². The molecule has 2 aromatic carbocycles. The van der Waals surface area contributed by atoms with Gasteiger partial charge in [0.25, 0.3) is 0 Å². The highest BCUT2D eigenvalue weighted by Gasteiger charge is 2.29. The van der Waals surface area contributed by atoms with Gasteiger partial charge in [-0.25, -0.2) is 0 Å². The molecular weight excluding hydrogens is 352 g/mol. The van der Waals surface area contributed by atoms with Crippen LogP contribution in [0.5, 0.6) is 5.75 Å². The van der Waals surface area contributed by atoms with Gasteiger partial charge >= 0.3 is 0 Å². The number of hydrogen-bond donors (Lipinski definition) is 1. The maximum atomic E-state index is 12.7. The molecule has 0 aliphatic carbocycles. The SMILES string of the molecule is CCOc1ccccc1NC(=O)CC(=O)N1CCCC1CCc1ccccc1. The largest absolute Gasteiger partial charge is 0.492 e. The number of ether oxygens (including phenoxy) is 1. The standard InChI is InChI=1S/C23H28N2O3/c1-2-28-21-13-7-6-12-20(21)24-22(26)17-23(27)25-16-8-11-19(25)15-14-18-9-4-3-5-10-18/h3-7,9-10,12-13,19H,2,8,11,14-17H2,1H3,(H,24,26). The molecule has 0 bridgehead atoms. The average Bonchev–Trinajstić information content (AvgIpc) is 3.18. The second-order valence-electron chi connectivity index (χ2n) is 7.06. The molecule has 28 heavy (non-hydrogen) atoms. The van der Waals surface area contributed by atoms with Gasteiger partial charge in [-0.1, -0.05) is 42.5 Å². The summed E-state index contributed by atoms with van der Waals surface area (Å²) in [7, 11) is 0. The summed E-state index contributed by atoms with van der Waals surface area (Å²) < 4.78 is 5.52. The number of nitrogens with zero attached hydrogens (tertiary/aromatic N) is 1. The molecular formula is C23H28N2O3. The summed E-state index contributed by atoms with van der Waals surface area (Å²) in [5.41, 5.74) is 1.89. The number of aryl methyl sites for hydroxylation is 1. The number of likely N-dealkylation sites (tertiary alicyclic amines) is 1. The van der Waals surface area contributed by atoms with Crippen molar-refractivity contribution in [3.8, 4) is 5.75 Å². The molecule has 1 saturated heterocycles. The van der Waals surface area contributed by atoms with Crippen LogP contribution in [0.15, 0.2) is 54.6 Å². The predicted molar refractivity (Wildman–Crippen MR) is 110 cm³/mol. The first-order chi connectivity index (χ1) is 13.7. The van der Waals surface area contributed by atoms with Gasteiger partial charge in [0.1, 0.15) is 12.2 Å². The van der Waals surface area contributed by atoms with E-state index in [9.17, 15) is 9.59 Å². The van der Waals surface area contributed by atoms with E-state index in [4.69, 9.17) is 4.74 Å². The van der Waals surface area contributed by atoms with Crippen LogP contribution in [0.25, 0.3) is 0 Å². The average molecular weight is 380 g/mol. The Kier molecular flexibility index (Phi) is 7.06. The molecule has 148 valence electrons. The van der Waals surface area contributed by atoms with Crippen LogP contribution in [0.1, 0.15) is 38.2 Å². The topological polar surface area (TPSA) is 58.6 Å². The lowest BCUT2D eigenvalue weighted by atomic mass is 10.0. The number of carbonyl (C=O) groups is 2. The molecule has 0 radical (unpaired) electrons. The number of nitrogens with one attached hydrogen (secondary N) is 1. The zero-order valence-corrected chi connectivity index (χ0v) is 16.4. The van der Waals surface area contributed by atoms with Crippen molar-refractivity contribution in [2.45, 2.75) is 45.1 Å². The summed E-state index contributed by atoms with van der Waals surface area (Å²) in [4.78, 5) is 27.0. The second-order valence-corrected chi connectivity index (χ2v) is 7.06. The van der Waals surface area contributed by atoms with E-state index in [2.05, 4.69) is 17.4 Å². The van der Waals surface area contributed by atoms with Gasteiger partial charge in [-0.05, 0) is 50.3 Å². The van der Waals surface area contributed by atoms with Gasteiger partial charge in [0, 0.05) is 12.6 Å². The fourth-order valence-corrected chi connectivity index (χ4v) is 3.73. The van der Waals surface area contributed by atoms with Gasteiger partial charge in [-0.3, -0.25) is 9.59 Å². The van der Waals surface area contributed by atoms with Crippen LogP contribution in [-0.4, -0.2) is 35.9 Å². The molecule has 0 saturated carbocycles. The van der Waals surface area contributed by atoms with E-state index < -0.39 is 0 Å². The number of benzene rings is 2. The Labute approximate surface area is 166 Å². The summed E-state index contributed by atoms with van der Waals surface area (Å²) in [6.07, 6.45) is 3.75. The molecule has 1 aliphatic rings. The van der Waals surface area contributed by atoms with E-state index in [-0.39, 0.29) is 24.3 Å². The molecule has 1 N–H and O–H groups in total. The van der Waals surface area contributed by atoms with Gasteiger partial charge in [0.2, 0.25) is 11.8 Å². The number of rotatable bonds is 8. The summed E-state index contributed by atoms with van der Waals surface area (Å²) >= 11 is 0. The molecule has 1 atom stereocenters. The Morgan fingerprint density at radius 3 is 2.64 bits per heavy atom. The Morgan fingerprint density at radius 1 is 1.11 bits per heavy atom. The van der Waals surface area contributed by atoms with Crippen LogP contribution in [0.2, 0.25) is 0 Å².